The summed E-state index contributed by atoms with van der Waals surface area (Å²) in [5.41, 5.74) is 1.05. The van der Waals surface area contributed by atoms with Crippen LogP contribution in [0.2, 0.25) is 0 Å². The zero-order valence-electron chi connectivity index (χ0n) is 17.2. The number of anilines is 1. The van der Waals surface area contributed by atoms with Crippen molar-refractivity contribution in [2.24, 2.45) is 0 Å². The average molecular weight is 478 g/mol. The molecule has 0 bridgehead atoms. The molecule has 0 aliphatic heterocycles. The quantitative estimate of drug-likeness (QED) is 0.459. The van der Waals surface area contributed by atoms with Gasteiger partial charge in [-0.1, -0.05) is 23.9 Å². The number of rotatable bonds is 9. The van der Waals surface area contributed by atoms with Crippen LogP contribution in [-0.4, -0.2) is 41.9 Å². The Bertz CT molecular complexity index is 1180. The van der Waals surface area contributed by atoms with Crippen molar-refractivity contribution in [2.75, 3.05) is 18.1 Å². The average Bonchev–Trinajstić information content (AvgIpc) is 3.30. The van der Waals surface area contributed by atoms with Gasteiger partial charge in [0, 0.05) is 23.0 Å². The molecule has 31 heavy (non-hydrogen) atoms. The molecular formula is C20H23N5O3S3. The zero-order chi connectivity index (χ0) is 22.0. The highest BCUT2D eigenvalue weighted by Crippen LogP contribution is 2.39. The van der Waals surface area contributed by atoms with E-state index in [1.165, 1.54) is 29.8 Å². The largest absolute Gasteiger partial charge is 0.325 e. The standard InChI is InChI=1S/C20H23N5O3S3/c1-13-5-6-14(10-17(13)31(27,28)21-2)22-19(26)12-30-20-24-23-18(25(20)15-7-8-15)11-16-4-3-9-29-16/h3-6,9-10,15,21H,7-8,11-12H2,1-2H3,(H,22,26). The van der Waals surface area contributed by atoms with Crippen molar-refractivity contribution >= 4 is 44.7 Å². The molecule has 1 aliphatic carbocycles. The highest BCUT2D eigenvalue weighted by Gasteiger charge is 2.30. The first-order valence-corrected chi connectivity index (χ1v) is 13.1. The molecule has 1 aliphatic rings. The van der Waals surface area contributed by atoms with E-state index in [1.54, 1.807) is 30.4 Å². The van der Waals surface area contributed by atoms with E-state index in [2.05, 4.69) is 30.9 Å². The summed E-state index contributed by atoms with van der Waals surface area (Å²) >= 11 is 3.04. The molecule has 2 heterocycles. The van der Waals surface area contributed by atoms with Crippen molar-refractivity contribution in [3.05, 3.63) is 52.0 Å². The molecule has 1 amide bonds. The maximum Gasteiger partial charge on any atom is 0.240 e. The number of sulfonamides is 1. The smallest absolute Gasteiger partial charge is 0.240 e. The minimum atomic E-state index is -3.60. The molecule has 4 rings (SSSR count). The number of nitrogens with zero attached hydrogens (tertiary/aromatic N) is 3. The third-order valence-electron chi connectivity index (χ3n) is 4.92. The van der Waals surface area contributed by atoms with E-state index < -0.39 is 10.0 Å². The van der Waals surface area contributed by atoms with Gasteiger partial charge in [0.05, 0.1) is 10.6 Å². The SMILES string of the molecule is CNS(=O)(=O)c1cc(NC(=O)CSc2nnc(Cc3cccs3)n2C2CC2)ccc1C. The fourth-order valence-corrected chi connectivity index (χ4v) is 5.72. The first-order valence-electron chi connectivity index (χ1n) is 9.80. The third kappa shape index (κ3) is 5.17. The van der Waals surface area contributed by atoms with E-state index >= 15 is 0 Å². The van der Waals surface area contributed by atoms with Crippen LogP contribution in [0.15, 0.2) is 45.8 Å². The minimum absolute atomic E-state index is 0.146. The molecule has 0 atom stereocenters. The van der Waals surface area contributed by atoms with Crippen molar-refractivity contribution in [1.82, 2.24) is 19.5 Å². The molecule has 3 aromatic rings. The Balaban J connectivity index is 1.43. The van der Waals surface area contributed by atoms with Crippen molar-refractivity contribution in [3.63, 3.8) is 0 Å². The lowest BCUT2D eigenvalue weighted by molar-refractivity contribution is -0.113. The molecular weight excluding hydrogens is 454 g/mol. The first-order chi connectivity index (χ1) is 14.9. The van der Waals surface area contributed by atoms with Gasteiger partial charge in [-0.3, -0.25) is 4.79 Å². The van der Waals surface area contributed by atoms with E-state index in [4.69, 9.17) is 0 Å². The van der Waals surface area contributed by atoms with E-state index in [0.717, 1.165) is 30.2 Å². The summed E-state index contributed by atoms with van der Waals surface area (Å²) in [6.45, 7) is 1.71. The van der Waals surface area contributed by atoms with Crippen LogP contribution < -0.4 is 10.0 Å². The van der Waals surface area contributed by atoms with E-state index in [9.17, 15) is 13.2 Å². The van der Waals surface area contributed by atoms with Crippen LogP contribution in [0.1, 0.15) is 35.1 Å². The summed E-state index contributed by atoms with van der Waals surface area (Å²) in [5.74, 6) is 0.853. The Kier molecular flexibility index (Phi) is 6.47. The zero-order valence-corrected chi connectivity index (χ0v) is 19.6. The molecule has 0 radical (unpaired) electrons. The molecule has 11 heteroatoms. The second kappa shape index (κ2) is 9.11. The van der Waals surface area contributed by atoms with Gasteiger partial charge < -0.3 is 9.88 Å². The Morgan fingerprint density at radius 1 is 1.29 bits per heavy atom. The van der Waals surface area contributed by atoms with Crippen LogP contribution in [0.5, 0.6) is 0 Å². The third-order valence-corrected chi connectivity index (χ3v) is 8.30. The predicted molar refractivity (Wildman–Crippen MR) is 122 cm³/mol. The Hall–Kier alpha value is -2.21. The lowest BCUT2D eigenvalue weighted by atomic mass is 10.2. The fourth-order valence-electron chi connectivity index (χ4n) is 3.20. The van der Waals surface area contributed by atoms with E-state index in [1.807, 2.05) is 11.4 Å². The topological polar surface area (TPSA) is 106 Å². The maximum absolute atomic E-state index is 12.5. The second-order valence-electron chi connectivity index (χ2n) is 7.28. The summed E-state index contributed by atoms with van der Waals surface area (Å²) < 4.78 is 28.8. The highest BCUT2D eigenvalue weighted by atomic mass is 32.2. The molecule has 1 aromatic carbocycles. The molecule has 164 valence electrons. The molecule has 1 fully saturated rings. The molecule has 2 N–H and O–H groups in total. The van der Waals surface area contributed by atoms with Crippen LogP contribution in [0.4, 0.5) is 5.69 Å². The van der Waals surface area contributed by atoms with Gasteiger partial charge >= 0.3 is 0 Å². The van der Waals surface area contributed by atoms with Crippen molar-refractivity contribution in [2.45, 2.75) is 42.3 Å². The maximum atomic E-state index is 12.5. The van der Waals surface area contributed by atoms with Gasteiger partial charge in [-0.15, -0.1) is 21.5 Å². The molecule has 0 saturated heterocycles. The predicted octanol–water partition coefficient (Wildman–Crippen LogP) is 3.21. The van der Waals surface area contributed by atoms with Crippen LogP contribution in [0.3, 0.4) is 0 Å². The number of amides is 1. The summed E-state index contributed by atoms with van der Waals surface area (Å²) in [4.78, 5) is 13.9. The van der Waals surface area contributed by atoms with Crippen molar-refractivity contribution in [3.8, 4) is 0 Å². The lowest BCUT2D eigenvalue weighted by Crippen LogP contribution is -2.20. The number of carbonyl (C=O) groups is 1. The number of hydrogen-bond donors (Lipinski definition) is 2. The lowest BCUT2D eigenvalue weighted by Gasteiger charge is -2.11. The number of benzene rings is 1. The first kappa shape index (κ1) is 22.0. The van der Waals surface area contributed by atoms with E-state index in [-0.39, 0.29) is 16.6 Å². The molecule has 0 spiro atoms. The minimum Gasteiger partial charge on any atom is -0.325 e. The van der Waals surface area contributed by atoms with E-state index in [0.29, 0.717) is 17.3 Å². The van der Waals surface area contributed by atoms with Gasteiger partial charge in [-0.25, -0.2) is 13.1 Å². The second-order valence-corrected chi connectivity index (χ2v) is 11.1. The van der Waals surface area contributed by atoms with Crippen LogP contribution in [0, 0.1) is 6.92 Å². The number of aromatic nitrogens is 3. The van der Waals surface area contributed by atoms with Crippen LogP contribution in [0.25, 0.3) is 0 Å². The summed E-state index contributed by atoms with van der Waals surface area (Å²) in [7, 11) is -2.24. The summed E-state index contributed by atoms with van der Waals surface area (Å²) in [6, 6.07) is 9.35. The molecule has 0 unspecified atom stereocenters. The Labute approximate surface area is 189 Å². The van der Waals surface area contributed by atoms with Crippen molar-refractivity contribution in [1.29, 1.82) is 0 Å². The normalized spacial score (nSPS) is 14.0. The number of carbonyl (C=O) groups excluding carboxylic acids is 1. The molecule has 1 saturated carbocycles. The number of aryl methyl sites for hydroxylation is 1. The summed E-state index contributed by atoms with van der Waals surface area (Å²) in [6.07, 6.45) is 2.93. The number of thiophene rings is 1. The van der Waals surface area contributed by atoms with Crippen molar-refractivity contribution < 1.29 is 13.2 Å². The highest BCUT2D eigenvalue weighted by molar-refractivity contribution is 7.99. The van der Waals surface area contributed by atoms with Gasteiger partial charge in [0.25, 0.3) is 0 Å². The molecule has 2 aromatic heterocycles. The van der Waals surface area contributed by atoms with Gasteiger partial charge in [0.2, 0.25) is 15.9 Å². The van der Waals surface area contributed by atoms with Gasteiger partial charge in [0.1, 0.15) is 5.82 Å². The monoisotopic (exact) mass is 477 g/mol. The number of hydrogen-bond acceptors (Lipinski definition) is 7. The number of nitrogens with one attached hydrogen (secondary N) is 2. The van der Waals surface area contributed by atoms with Crippen LogP contribution >= 0.6 is 23.1 Å². The van der Waals surface area contributed by atoms with Gasteiger partial charge in [-0.2, -0.15) is 0 Å². The van der Waals surface area contributed by atoms with Gasteiger partial charge in [0.15, 0.2) is 5.16 Å². The van der Waals surface area contributed by atoms with Gasteiger partial charge in [-0.05, 0) is 56.0 Å². The fraction of sp³-hybridized carbons (Fsp3) is 0.350. The Morgan fingerprint density at radius 2 is 2.10 bits per heavy atom. The molecule has 8 nitrogen and oxygen atoms in total. The Morgan fingerprint density at radius 3 is 2.77 bits per heavy atom. The summed E-state index contributed by atoms with van der Waals surface area (Å²) in [5, 5.41) is 14.2. The number of thioether (sulfide) groups is 1. The van der Waals surface area contributed by atoms with Crippen LogP contribution in [-0.2, 0) is 21.2 Å².